The van der Waals surface area contributed by atoms with Gasteiger partial charge in [0.05, 0.1) is 22.8 Å². The highest BCUT2D eigenvalue weighted by molar-refractivity contribution is 5.67. The lowest BCUT2D eigenvalue weighted by atomic mass is 10.2. The highest BCUT2D eigenvalue weighted by Crippen LogP contribution is 2.29. The number of rotatable bonds is 5. The summed E-state index contributed by atoms with van der Waals surface area (Å²) in [5, 5.41) is 22.4. The van der Waals surface area contributed by atoms with Crippen LogP contribution in [0.4, 0.5) is 17.1 Å². The van der Waals surface area contributed by atoms with Crippen molar-refractivity contribution in [3.05, 3.63) is 70.5 Å². The summed E-state index contributed by atoms with van der Waals surface area (Å²) < 4.78 is 1.65. The number of anilines is 2. The molecule has 3 rings (SSSR count). The Morgan fingerprint density at radius 1 is 1.25 bits per heavy atom. The second-order valence-electron chi connectivity index (χ2n) is 5.32. The van der Waals surface area contributed by atoms with E-state index in [2.05, 4.69) is 15.6 Å². The third-order valence-electron chi connectivity index (χ3n) is 3.56. The fourth-order valence-electron chi connectivity index (χ4n) is 2.32. The minimum atomic E-state index is -0.449. The number of nitrogens with two attached hydrogens (primary N) is 1. The molecule has 24 heavy (non-hydrogen) atoms. The topological polar surface area (TPSA) is 112 Å². The second kappa shape index (κ2) is 6.37. The van der Waals surface area contributed by atoms with Gasteiger partial charge in [-0.1, -0.05) is 23.4 Å². The van der Waals surface area contributed by atoms with Crippen LogP contribution in [-0.2, 0) is 0 Å². The van der Waals surface area contributed by atoms with E-state index in [0.29, 0.717) is 17.1 Å². The van der Waals surface area contributed by atoms with E-state index in [4.69, 9.17) is 5.73 Å². The molecular weight excluding hydrogens is 308 g/mol. The molecular formula is C16H16N6O2. The lowest BCUT2D eigenvalue weighted by molar-refractivity contribution is -0.384. The van der Waals surface area contributed by atoms with Gasteiger partial charge in [0.15, 0.2) is 0 Å². The molecule has 1 atom stereocenters. The van der Waals surface area contributed by atoms with Crippen LogP contribution < -0.4 is 11.1 Å². The maximum atomic E-state index is 11.1. The van der Waals surface area contributed by atoms with Crippen molar-refractivity contribution in [3.63, 3.8) is 0 Å². The van der Waals surface area contributed by atoms with Crippen molar-refractivity contribution in [1.82, 2.24) is 15.0 Å². The maximum Gasteiger partial charge on any atom is 0.292 e. The Kier molecular flexibility index (Phi) is 4.11. The summed E-state index contributed by atoms with van der Waals surface area (Å²) in [6, 6.07) is 13.7. The molecule has 0 aliphatic rings. The lowest BCUT2D eigenvalue weighted by Gasteiger charge is -2.13. The van der Waals surface area contributed by atoms with Crippen LogP contribution in [0.25, 0.3) is 5.69 Å². The summed E-state index contributed by atoms with van der Waals surface area (Å²) in [6.45, 7) is 1.85. The quantitative estimate of drug-likeness (QED) is 0.424. The highest BCUT2D eigenvalue weighted by atomic mass is 16.6. The van der Waals surface area contributed by atoms with E-state index in [1.807, 2.05) is 37.3 Å². The fourth-order valence-corrected chi connectivity index (χ4v) is 2.32. The largest absolute Gasteiger partial charge is 0.399 e. The number of nitrogens with one attached hydrogen (secondary N) is 1. The van der Waals surface area contributed by atoms with E-state index in [-0.39, 0.29) is 11.7 Å². The Morgan fingerprint density at radius 3 is 2.71 bits per heavy atom. The number of nitrogen functional groups attached to an aromatic ring is 1. The molecule has 3 aromatic rings. The molecule has 0 saturated carbocycles. The third-order valence-corrected chi connectivity index (χ3v) is 3.56. The van der Waals surface area contributed by atoms with Crippen molar-refractivity contribution in [3.8, 4) is 5.69 Å². The number of para-hydroxylation sites is 1. The smallest absolute Gasteiger partial charge is 0.292 e. The third kappa shape index (κ3) is 3.17. The predicted octanol–water partition coefficient (Wildman–Crippen LogP) is 2.93. The first kappa shape index (κ1) is 15.5. The van der Waals surface area contributed by atoms with Crippen molar-refractivity contribution in [1.29, 1.82) is 0 Å². The van der Waals surface area contributed by atoms with Crippen LogP contribution in [0.5, 0.6) is 0 Å². The molecule has 8 nitrogen and oxygen atoms in total. The van der Waals surface area contributed by atoms with Gasteiger partial charge in [0.2, 0.25) is 0 Å². The molecule has 0 radical (unpaired) electrons. The Balaban J connectivity index is 1.84. The van der Waals surface area contributed by atoms with Crippen LogP contribution in [0.2, 0.25) is 0 Å². The summed E-state index contributed by atoms with van der Waals surface area (Å²) >= 11 is 0. The number of nitro groups is 1. The van der Waals surface area contributed by atoms with Crippen molar-refractivity contribution in [2.75, 3.05) is 11.1 Å². The zero-order valence-corrected chi connectivity index (χ0v) is 13.0. The van der Waals surface area contributed by atoms with Crippen LogP contribution in [0, 0.1) is 10.1 Å². The van der Waals surface area contributed by atoms with Gasteiger partial charge in [-0.25, -0.2) is 4.68 Å². The number of nitrogens with zero attached hydrogens (tertiary/aromatic N) is 4. The summed E-state index contributed by atoms with van der Waals surface area (Å²) in [5.74, 6) is 0. The highest BCUT2D eigenvalue weighted by Gasteiger charge is 2.18. The molecule has 1 heterocycles. The number of benzene rings is 2. The van der Waals surface area contributed by atoms with Crippen molar-refractivity contribution < 1.29 is 4.92 Å². The SMILES string of the molecule is CC(Nc1cc(N)ccc1[N+](=O)[O-])c1cn(-c2ccccc2)nn1. The number of hydrogen-bond donors (Lipinski definition) is 2. The minimum Gasteiger partial charge on any atom is -0.399 e. The summed E-state index contributed by atoms with van der Waals surface area (Å²) in [5.41, 5.74) is 8.04. The predicted molar refractivity (Wildman–Crippen MR) is 90.9 cm³/mol. The van der Waals surface area contributed by atoms with Crippen LogP contribution in [0.3, 0.4) is 0 Å². The molecule has 1 aromatic heterocycles. The average molecular weight is 324 g/mol. The normalized spacial score (nSPS) is 11.9. The first-order valence-electron chi connectivity index (χ1n) is 7.32. The van der Waals surface area contributed by atoms with Crippen LogP contribution in [-0.4, -0.2) is 19.9 Å². The Morgan fingerprint density at radius 2 is 2.00 bits per heavy atom. The van der Waals surface area contributed by atoms with Gasteiger partial charge in [-0.2, -0.15) is 0 Å². The number of hydrogen-bond acceptors (Lipinski definition) is 6. The lowest BCUT2D eigenvalue weighted by Crippen LogP contribution is -2.09. The Labute approximate surface area is 138 Å². The van der Waals surface area contributed by atoms with Gasteiger partial charge in [-0.05, 0) is 31.2 Å². The first-order chi connectivity index (χ1) is 11.5. The monoisotopic (exact) mass is 324 g/mol. The molecule has 122 valence electrons. The van der Waals surface area contributed by atoms with Crippen molar-refractivity contribution in [2.24, 2.45) is 0 Å². The molecule has 0 amide bonds. The minimum absolute atomic E-state index is 0.0356. The Bertz CT molecular complexity index is 862. The van der Waals surface area contributed by atoms with Gasteiger partial charge in [0.25, 0.3) is 5.69 Å². The molecule has 0 bridgehead atoms. The molecule has 2 aromatic carbocycles. The first-order valence-corrected chi connectivity index (χ1v) is 7.32. The van der Waals surface area contributed by atoms with Gasteiger partial charge in [0.1, 0.15) is 11.4 Å². The molecule has 0 fully saturated rings. The zero-order chi connectivity index (χ0) is 17.1. The van der Waals surface area contributed by atoms with Crippen LogP contribution in [0.1, 0.15) is 18.7 Å². The van der Waals surface area contributed by atoms with E-state index in [9.17, 15) is 10.1 Å². The summed E-state index contributed by atoms with van der Waals surface area (Å²) in [7, 11) is 0. The molecule has 1 unspecified atom stereocenters. The average Bonchev–Trinajstić information content (AvgIpc) is 3.05. The number of nitro benzene ring substituents is 1. The van der Waals surface area contributed by atoms with Gasteiger partial charge in [-0.15, -0.1) is 5.10 Å². The van der Waals surface area contributed by atoms with Crippen LogP contribution in [0.15, 0.2) is 54.7 Å². The summed E-state index contributed by atoms with van der Waals surface area (Å²) in [4.78, 5) is 10.7. The molecule has 0 aliphatic carbocycles. The summed E-state index contributed by atoms with van der Waals surface area (Å²) in [6.07, 6.45) is 1.78. The van der Waals surface area contributed by atoms with Crippen molar-refractivity contribution >= 4 is 17.1 Å². The van der Waals surface area contributed by atoms with E-state index < -0.39 is 4.92 Å². The second-order valence-corrected chi connectivity index (χ2v) is 5.32. The zero-order valence-electron chi connectivity index (χ0n) is 13.0. The van der Waals surface area contributed by atoms with E-state index in [0.717, 1.165) is 5.69 Å². The van der Waals surface area contributed by atoms with E-state index in [1.54, 1.807) is 10.9 Å². The molecule has 0 spiro atoms. The molecule has 3 N–H and O–H groups in total. The van der Waals surface area contributed by atoms with E-state index >= 15 is 0 Å². The molecule has 0 aliphatic heterocycles. The van der Waals surface area contributed by atoms with Crippen molar-refractivity contribution in [2.45, 2.75) is 13.0 Å². The molecule has 8 heteroatoms. The van der Waals surface area contributed by atoms with Gasteiger partial charge in [-0.3, -0.25) is 10.1 Å². The van der Waals surface area contributed by atoms with E-state index in [1.165, 1.54) is 18.2 Å². The van der Waals surface area contributed by atoms with Gasteiger partial charge in [0, 0.05) is 11.8 Å². The molecule has 0 saturated heterocycles. The number of aromatic nitrogens is 3. The maximum absolute atomic E-state index is 11.1. The van der Waals surface area contributed by atoms with Gasteiger partial charge < -0.3 is 11.1 Å². The standard InChI is InChI=1S/C16H16N6O2/c1-11(18-14-9-12(17)7-8-16(14)22(23)24)15-10-21(20-19-15)13-5-3-2-4-6-13/h2-11,18H,17H2,1H3. The Hall–Kier alpha value is -3.42. The fraction of sp³-hybridized carbons (Fsp3) is 0.125. The van der Waals surface area contributed by atoms with Gasteiger partial charge >= 0.3 is 0 Å². The van der Waals surface area contributed by atoms with Crippen LogP contribution >= 0.6 is 0 Å².